The molecule has 0 saturated carbocycles. The maximum atomic E-state index is 12.0. The molecule has 1 unspecified atom stereocenters. The molecule has 0 radical (unpaired) electrons. The SMILES string of the molecule is C/C(=C(\I)[C@H](C)O)S(=O)c1ccccc1. The second-order valence-corrected chi connectivity index (χ2v) is 5.95. The molecule has 1 N–H and O–H groups in total. The van der Waals surface area contributed by atoms with E-state index in [1.807, 2.05) is 52.9 Å². The van der Waals surface area contributed by atoms with E-state index in [-0.39, 0.29) is 0 Å². The number of rotatable bonds is 3. The molecule has 82 valence electrons. The summed E-state index contributed by atoms with van der Waals surface area (Å²) < 4.78 is 12.8. The summed E-state index contributed by atoms with van der Waals surface area (Å²) in [5, 5.41) is 9.39. The summed E-state index contributed by atoms with van der Waals surface area (Å²) >= 11 is 2.04. The predicted octanol–water partition coefficient (Wildman–Crippen LogP) is 2.84. The fraction of sp³-hybridized carbons (Fsp3) is 0.273. The number of allylic oxidation sites excluding steroid dienone is 1. The van der Waals surface area contributed by atoms with Gasteiger partial charge in [-0.3, -0.25) is 0 Å². The highest BCUT2D eigenvalue weighted by Crippen LogP contribution is 2.23. The Balaban J connectivity index is 3.01. The van der Waals surface area contributed by atoms with Gasteiger partial charge in [0.15, 0.2) is 0 Å². The van der Waals surface area contributed by atoms with E-state index >= 15 is 0 Å². The van der Waals surface area contributed by atoms with E-state index in [9.17, 15) is 9.32 Å². The van der Waals surface area contributed by atoms with Crippen molar-refractivity contribution in [2.24, 2.45) is 0 Å². The molecule has 0 aliphatic heterocycles. The smallest absolute Gasteiger partial charge is 0.0827 e. The Morgan fingerprint density at radius 2 is 1.93 bits per heavy atom. The van der Waals surface area contributed by atoms with Crippen molar-refractivity contribution in [3.05, 3.63) is 38.8 Å². The lowest BCUT2D eigenvalue weighted by Gasteiger charge is -2.08. The zero-order valence-corrected chi connectivity index (χ0v) is 11.6. The summed E-state index contributed by atoms with van der Waals surface area (Å²) in [4.78, 5) is 1.49. The van der Waals surface area contributed by atoms with Gasteiger partial charge in [-0.05, 0) is 48.6 Å². The van der Waals surface area contributed by atoms with E-state index in [2.05, 4.69) is 0 Å². The lowest BCUT2D eigenvalue weighted by atomic mass is 10.4. The summed E-state index contributed by atoms with van der Waals surface area (Å²) in [6.07, 6.45) is -0.557. The number of aliphatic hydroxyl groups is 1. The molecule has 15 heavy (non-hydrogen) atoms. The second kappa shape index (κ2) is 5.77. The van der Waals surface area contributed by atoms with Crippen LogP contribution in [0.1, 0.15) is 13.8 Å². The summed E-state index contributed by atoms with van der Waals surface area (Å²) in [6.45, 7) is 3.46. The van der Waals surface area contributed by atoms with Crippen LogP contribution in [0.5, 0.6) is 0 Å². The molecular formula is C11H13IO2S. The Labute approximate surface area is 106 Å². The summed E-state index contributed by atoms with van der Waals surface area (Å²) in [7, 11) is -1.17. The Morgan fingerprint density at radius 1 is 1.40 bits per heavy atom. The van der Waals surface area contributed by atoms with Crippen molar-refractivity contribution in [3.8, 4) is 0 Å². The third kappa shape index (κ3) is 3.39. The van der Waals surface area contributed by atoms with Crippen LogP contribution in [0.2, 0.25) is 0 Å². The van der Waals surface area contributed by atoms with Gasteiger partial charge in [-0.2, -0.15) is 0 Å². The average molecular weight is 336 g/mol. The minimum Gasteiger partial charge on any atom is -0.388 e. The van der Waals surface area contributed by atoms with E-state index in [0.717, 1.165) is 13.4 Å². The molecule has 2 nitrogen and oxygen atoms in total. The van der Waals surface area contributed by atoms with Crippen LogP contribution >= 0.6 is 22.6 Å². The van der Waals surface area contributed by atoms with Crippen molar-refractivity contribution in [3.63, 3.8) is 0 Å². The highest BCUT2D eigenvalue weighted by molar-refractivity contribution is 14.1. The number of hydrogen-bond acceptors (Lipinski definition) is 2. The average Bonchev–Trinajstić information content (AvgIpc) is 2.27. The van der Waals surface area contributed by atoms with Gasteiger partial charge in [-0.25, -0.2) is 4.21 Å². The molecule has 0 aromatic heterocycles. The van der Waals surface area contributed by atoms with Crippen LogP contribution in [0.4, 0.5) is 0 Å². The zero-order chi connectivity index (χ0) is 11.4. The van der Waals surface area contributed by atoms with Crippen molar-refractivity contribution in [1.82, 2.24) is 0 Å². The minimum absolute atomic E-state index is 0.557. The Hall–Kier alpha value is -0.200. The number of aliphatic hydroxyl groups excluding tert-OH is 1. The molecule has 1 aromatic carbocycles. The van der Waals surface area contributed by atoms with Gasteiger partial charge in [-0.1, -0.05) is 18.2 Å². The Morgan fingerprint density at radius 3 is 2.40 bits per heavy atom. The van der Waals surface area contributed by atoms with Crippen LogP contribution in [0.15, 0.2) is 43.7 Å². The standard InChI is InChI=1S/C11H13IO2S/c1-8(13)11(12)9(2)15(14)10-6-4-3-5-7-10/h3-8,13H,1-2H3/b11-9+/t8-,15?/m0/s1. The lowest BCUT2D eigenvalue weighted by Crippen LogP contribution is -2.04. The molecule has 0 bridgehead atoms. The molecule has 0 fully saturated rings. The molecule has 1 aromatic rings. The van der Waals surface area contributed by atoms with Gasteiger partial charge in [0.25, 0.3) is 0 Å². The van der Waals surface area contributed by atoms with E-state index < -0.39 is 16.9 Å². The first kappa shape index (κ1) is 12.9. The van der Waals surface area contributed by atoms with Crippen molar-refractivity contribution >= 4 is 33.4 Å². The van der Waals surface area contributed by atoms with Crippen LogP contribution in [-0.4, -0.2) is 15.4 Å². The molecule has 0 heterocycles. The molecule has 2 atom stereocenters. The number of benzene rings is 1. The summed E-state index contributed by atoms with van der Waals surface area (Å²) in [6, 6.07) is 9.25. The van der Waals surface area contributed by atoms with Crippen molar-refractivity contribution in [1.29, 1.82) is 0 Å². The minimum atomic E-state index is -1.17. The first-order valence-corrected chi connectivity index (χ1v) is 6.78. The van der Waals surface area contributed by atoms with Gasteiger partial charge in [0.05, 0.1) is 16.9 Å². The molecule has 0 saturated heterocycles. The number of halogens is 1. The van der Waals surface area contributed by atoms with E-state index in [4.69, 9.17) is 0 Å². The van der Waals surface area contributed by atoms with Gasteiger partial charge in [0.2, 0.25) is 0 Å². The molecule has 0 aliphatic carbocycles. The molecule has 1 rings (SSSR count). The summed E-state index contributed by atoms with van der Waals surface area (Å²) in [5.41, 5.74) is 0. The van der Waals surface area contributed by atoms with E-state index in [1.54, 1.807) is 13.8 Å². The molecule has 4 heteroatoms. The van der Waals surface area contributed by atoms with Crippen LogP contribution in [0.3, 0.4) is 0 Å². The second-order valence-electron chi connectivity index (χ2n) is 3.16. The lowest BCUT2D eigenvalue weighted by molar-refractivity contribution is 0.242. The topological polar surface area (TPSA) is 37.3 Å². The maximum absolute atomic E-state index is 12.0. The summed E-state index contributed by atoms with van der Waals surface area (Å²) in [5.74, 6) is 0. The first-order valence-electron chi connectivity index (χ1n) is 4.55. The predicted molar refractivity (Wildman–Crippen MR) is 71.3 cm³/mol. The van der Waals surface area contributed by atoms with E-state index in [1.165, 1.54) is 0 Å². The Bertz CT molecular complexity index is 385. The van der Waals surface area contributed by atoms with Gasteiger partial charge in [-0.15, -0.1) is 0 Å². The third-order valence-electron chi connectivity index (χ3n) is 1.94. The van der Waals surface area contributed by atoms with Crippen LogP contribution < -0.4 is 0 Å². The fourth-order valence-corrected chi connectivity index (χ4v) is 2.81. The monoisotopic (exact) mass is 336 g/mol. The quantitative estimate of drug-likeness (QED) is 0.862. The van der Waals surface area contributed by atoms with Crippen molar-refractivity contribution in [2.75, 3.05) is 0 Å². The van der Waals surface area contributed by atoms with Crippen molar-refractivity contribution in [2.45, 2.75) is 24.8 Å². The van der Waals surface area contributed by atoms with Crippen LogP contribution in [0.25, 0.3) is 0 Å². The Kier molecular flexibility index (Phi) is 4.95. The molecule has 0 amide bonds. The first-order chi connectivity index (χ1) is 7.04. The van der Waals surface area contributed by atoms with Crippen LogP contribution in [0, 0.1) is 0 Å². The van der Waals surface area contributed by atoms with Crippen LogP contribution in [-0.2, 0) is 10.8 Å². The molecule has 0 aliphatic rings. The zero-order valence-electron chi connectivity index (χ0n) is 8.61. The largest absolute Gasteiger partial charge is 0.388 e. The highest BCUT2D eigenvalue weighted by atomic mass is 127. The van der Waals surface area contributed by atoms with Gasteiger partial charge < -0.3 is 5.11 Å². The molecular weight excluding hydrogens is 323 g/mol. The fourth-order valence-electron chi connectivity index (χ4n) is 1.10. The molecule has 0 spiro atoms. The van der Waals surface area contributed by atoms with Gasteiger partial charge in [0.1, 0.15) is 0 Å². The highest BCUT2D eigenvalue weighted by Gasteiger charge is 2.12. The third-order valence-corrected chi connectivity index (χ3v) is 5.49. The van der Waals surface area contributed by atoms with Crippen molar-refractivity contribution < 1.29 is 9.32 Å². The van der Waals surface area contributed by atoms with E-state index in [0.29, 0.717) is 0 Å². The van der Waals surface area contributed by atoms with Gasteiger partial charge in [0, 0.05) is 13.4 Å². The number of hydrogen-bond donors (Lipinski definition) is 1. The van der Waals surface area contributed by atoms with Gasteiger partial charge >= 0.3 is 0 Å². The maximum Gasteiger partial charge on any atom is 0.0827 e. The normalized spacial score (nSPS) is 16.8.